The van der Waals surface area contributed by atoms with Crippen LogP contribution < -0.4 is 0 Å². The lowest BCUT2D eigenvalue weighted by Crippen LogP contribution is -2.36. The molecule has 1 fully saturated rings. The lowest BCUT2D eigenvalue weighted by atomic mass is 10.1. The van der Waals surface area contributed by atoms with Gasteiger partial charge in [-0.05, 0) is 24.6 Å². The van der Waals surface area contributed by atoms with E-state index in [0.29, 0.717) is 0 Å². The molecule has 5 nitrogen and oxygen atoms in total. The van der Waals surface area contributed by atoms with E-state index in [-0.39, 0.29) is 11.3 Å². The average molecular weight is 366 g/mol. The number of hydrogen-bond donors (Lipinski definition) is 0. The molecule has 0 radical (unpaired) electrons. The molecule has 0 bridgehead atoms. The van der Waals surface area contributed by atoms with E-state index in [1.807, 2.05) is 37.3 Å². The Kier molecular flexibility index (Phi) is 4.06. The zero-order valence-corrected chi connectivity index (χ0v) is 15.0. The van der Waals surface area contributed by atoms with Crippen molar-refractivity contribution in [1.29, 1.82) is 0 Å². The van der Waals surface area contributed by atoms with Crippen LogP contribution in [-0.4, -0.2) is 33.5 Å². The van der Waals surface area contributed by atoms with Crippen molar-refractivity contribution in [1.82, 2.24) is 0 Å². The zero-order valence-electron chi connectivity index (χ0n) is 13.3. The first-order valence-corrected chi connectivity index (χ1v) is 10.8. The molecule has 0 aliphatic carbocycles. The van der Waals surface area contributed by atoms with E-state index < -0.39 is 30.0 Å². The summed E-state index contributed by atoms with van der Waals surface area (Å²) < 4.78 is 53.7. The Morgan fingerprint density at radius 3 is 2.08 bits per heavy atom. The predicted octanol–water partition coefficient (Wildman–Crippen LogP) is 2.11. The third-order valence-electron chi connectivity index (χ3n) is 4.13. The lowest BCUT2D eigenvalue weighted by Gasteiger charge is -2.13. The minimum atomic E-state index is -4.18. The van der Waals surface area contributed by atoms with Crippen LogP contribution in [0.3, 0.4) is 0 Å². The van der Waals surface area contributed by atoms with Crippen LogP contribution in [0.25, 0.3) is 0 Å². The van der Waals surface area contributed by atoms with E-state index in [0.717, 1.165) is 17.4 Å². The van der Waals surface area contributed by atoms with Crippen molar-refractivity contribution < 1.29 is 21.6 Å². The van der Waals surface area contributed by atoms with Gasteiger partial charge in [-0.15, -0.1) is 0 Å². The van der Waals surface area contributed by atoms with Crippen LogP contribution in [0.15, 0.2) is 59.5 Å². The topological polar surface area (TPSA) is 80.8 Å². The van der Waals surface area contributed by atoms with Gasteiger partial charge in [-0.2, -0.15) is 0 Å². The molecule has 7 heteroatoms. The van der Waals surface area contributed by atoms with Gasteiger partial charge in [0.25, 0.3) is 0 Å². The maximum atomic E-state index is 13.0. The fourth-order valence-electron chi connectivity index (χ4n) is 2.80. The summed E-state index contributed by atoms with van der Waals surface area (Å²) >= 11 is 0. The summed E-state index contributed by atoms with van der Waals surface area (Å²) in [6, 6.07) is 15.2. The van der Waals surface area contributed by atoms with Gasteiger partial charge in [0.05, 0.1) is 4.90 Å². The third kappa shape index (κ3) is 2.66. The predicted molar refractivity (Wildman–Crippen MR) is 91.0 cm³/mol. The van der Waals surface area contributed by atoms with Gasteiger partial charge in [-0.3, -0.25) is 0 Å². The van der Waals surface area contributed by atoms with Gasteiger partial charge in [-0.1, -0.05) is 48.0 Å². The SMILES string of the molecule is Cc1ccc(S(=O)(=O)C2(S(C)(=O)=O)OC2Cc2ccccc2)cc1. The second-order valence-electron chi connectivity index (χ2n) is 5.99. The highest BCUT2D eigenvalue weighted by atomic mass is 32.3. The van der Waals surface area contributed by atoms with Crippen molar-refractivity contribution in [2.45, 2.75) is 28.6 Å². The Balaban J connectivity index is 2.02. The summed E-state index contributed by atoms with van der Waals surface area (Å²) in [5, 5.41) is 0. The highest BCUT2D eigenvalue weighted by molar-refractivity contribution is 8.10. The van der Waals surface area contributed by atoms with Crippen molar-refractivity contribution in [3.8, 4) is 0 Å². The van der Waals surface area contributed by atoms with E-state index in [1.54, 1.807) is 12.1 Å². The molecule has 0 N–H and O–H groups in total. The Hall–Kier alpha value is -1.70. The van der Waals surface area contributed by atoms with Gasteiger partial charge < -0.3 is 4.74 Å². The summed E-state index contributed by atoms with van der Waals surface area (Å²) in [7, 11) is -8.17. The maximum Gasteiger partial charge on any atom is 0.302 e. The molecule has 0 amide bonds. The molecule has 1 heterocycles. The van der Waals surface area contributed by atoms with Crippen molar-refractivity contribution >= 4 is 19.7 Å². The quantitative estimate of drug-likeness (QED) is 0.757. The number of ether oxygens (including phenoxy) is 1. The number of rotatable bonds is 5. The van der Waals surface area contributed by atoms with E-state index in [1.165, 1.54) is 12.1 Å². The average Bonchev–Trinajstić information content (AvgIpc) is 3.24. The molecule has 3 rings (SSSR count). The minimum absolute atomic E-state index is 0.0471. The van der Waals surface area contributed by atoms with Crippen molar-refractivity contribution in [2.24, 2.45) is 0 Å². The number of sulfone groups is 2. The second-order valence-corrected chi connectivity index (χ2v) is 10.5. The molecule has 1 saturated heterocycles. The largest absolute Gasteiger partial charge is 0.335 e. The molecular formula is C17H18O5S2. The molecule has 2 unspecified atom stereocenters. The fourth-order valence-corrected chi connectivity index (χ4v) is 7.03. The smallest absolute Gasteiger partial charge is 0.302 e. The number of epoxide rings is 1. The maximum absolute atomic E-state index is 13.0. The van der Waals surface area contributed by atoms with Crippen LogP contribution in [-0.2, 0) is 30.8 Å². The normalized spacial score (nSPS) is 23.8. The van der Waals surface area contributed by atoms with Crippen LogP contribution in [0.1, 0.15) is 11.1 Å². The molecule has 2 aromatic carbocycles. The van der Waals surface area contributed by atoms with Gasteiger partial charge in [0.15, 0.2) is 9.84 Å². The van der Waals surface area contributed by atoms with Gasteiger partial charge in [0.1, 0.15) is 6.10 Å². The molecule has 2 aromatic rings. The molecule has 0 saturated carbocycles. The molecule has 2 atom stereocenters. The van der Waals surface area contributed by atoms with Crippen LogP contribution in [0.4, 0.5) is 0 Å². The van der Waals surface area contributed by atoms with Crippen molar-refractivity contribution in [3.05, 3.63) is 65.7 Å². The monoisotopic (exact) mass is 366 g/mol. The Bertz CT molecular complexity index is 948. The number of hydrogen-bond acceptors (Lipinski definition) is 5. The van der Waals surface area contributed by atoms with Gasteiger partial charge in [0.2, 0.25) is 9.84 Å². The zero-order chi connectivity index (χ0) is 17.6. The van der Waals surface area contributed by atoms with E-state index in [4.69, 9.17) is 4.74 Å². The molecule has 0 aromatic heterocycles. The molecule has 128 valence electrons. The summed E-state index contributed by atoms with van der Waals surface area (Å²) in [4.78, 5) is -0.0471. The van der Waals surface area contributed by atoms with Crippen LogP contribution in [0.5, 0.6) is 0 Å². The van der Waals surface area contributed by atoms with E-state index >= 15 is 0 Å². The van der Waals surface area contributed by atoms with Gasteiger partial charge in [-0.25, -0.2) is 16.8 Å². The summed E-state index contributed by atoms with van der Waals surface area (Å²) in [5.41, 5.74) is 1.71. The van der Waals surface area contributed by atoms with Gasteiger partial charge >= 0.3 is 4.27 Å². The standard InChI is InChI=1S/C17H18O5S2/c1-13-8-10-15(11-9-13)24(20,21)17(23(2,18)19)16(22-17)12-14-6-4-3-5-7-14/h3-11,16H,12H2,1-2H3. The van der Waals surface area contributed by atoms with Crippen LogP contribution in [0.2, 0.25) is 0 Å². The second kappa shape index (κ2) is 5.68. The van der Waals surface area contributed by atoms with E-state index in [2.05, 4.69) is 0 Å². The van der Waals surface area contributed by atoms with Crippen molar-refractivity contribution in [3.63, 3.8) is 0 Å². The van der Waals surface area contributed by atoms with Crippen LogP contribution >= 0.6 is 0 Å². The summed E-state index contributed by atoms with van der Waals surface area (Å²) in [5.74, 6) is 0. The van der Waals surface area contributed by atoms with Crippen LogP contribution in [0, 0.1) is 6.92 Å². The summed E-state index contributed by atoms with van der Waals surface area (Å²) in [6.07, 6.45) is 0.212. The molecular weight excluding hydrogens is 348 g/mol. The number of aryl methyl sites for hydroxylation is 1. The third-order valence-corrected chi connectivity index (χ3v) is 9.09. The Morgan fingerprint density at radius 2 is 1.54 bits per heavy atom. The number of benzene rings is 2. The molecule has 0 spiro atoms. The van der Waals surface area contributed by atoms with Crippen molar-refractivity contribution in [2.75, 3.05) is 6.26 Å². The first-order valence-electron chi connectivity index (χ1n) is 7.41. The highest BCUT2D eigenvalue weighted by Crippen LogP contribution is 2.50. The van der Waals surface area contributed by atoms with Gasteiger partial charge in [0, 0.05) is 12.7 Å². The molecule has 1 aliphatic heterocycles. The minimum Gasteiger partial charge on any atom is -0.335 e. The highest BCUT2D eigenvalue weighted by Gasteiger charge is 2.73. The first kappa shape index (κ1) is 17.1. The molecule has 24 heavy (non-hydrogen) atoms. The fraction of sp³-hybridized carbons (Fsp3) is 0.294. The summed E-state index contributed by atoms with van der Waals surface area (Å²) in [6.45, 7) is 1.83. The first-order chi connectivity index (χ1) is 11.2. The van der Waals surface area contributed by atoms with E-state index in [9.17, 15) is 16.8 Å². The molecule has 1 aliphatic rings. The lowest BCUT2D eigenvalue weighted by molar-refractivity contribution is 0.375. The Labute approximate surface area is 142 Å². The Morgan fingerprint density at radius 1 is 0.958 bits per heavy atom.